The highest BCUT2D eigenvalue weighted by Gasteiger charge is 2.33. The van der Waals surface area contributed by atoms with Crippen molar-refractivity contribution in [3.05, 3.63) is 71.2 Å². The van der Waals surface area contributed by atoms with E-state index in [0.29, 0.717) is 61.0 Å². The number of hydrogen-bond donors (Lipinski definition) is 1. The fourth-order valence-corrected chi connectivity index (χ4v) is 4.80. The third-order valence-electron chi connectivity index (χ3n) is 6.75. The van der Waals surface area contributed by atoms with E-state index in [-0.39, 0.29) is 23.8 Å². The van der Waals surface area contributed by atoms with E-state index >= 15 is 0 Å². The number of aryl methyl sites for hydroxylation is 1. The number of carboxylic acid groups (broad SMARTS) is 1. The number of carbonyl (C=O) groups is 1. The molecular weight excluding hydrogens is 469 g/mol. The highest BCUT2D eigenvalue weighted by molar-refractivity contribution is 5.83. The molecule has 2 atom stereocenters. The summed E-state index contributed by atoms with van der Waals surface area (Å²) in [6, 6.07) is 8.45. The minimum atomic E-state index is -0.876. The lowest BCUT2D eigenvalue weighted by Crippen LogP contribution is -2.44. The lowest BCUT2D eigenvalue weighted by atomic mass is 9.81. The quantitative estimate of drug-likeness (QED) is 0.464. The number of carboxylic acids is 1. The summed E-state index contributed by atoms with van der Waals surface area (Å²) in [6.45, 7) is 1.24. The van der Waals surface area contributed by atoms with Crippen LogP contribution in [-0.2, 0) is 11.2 Å². The van der Waals surface area contributed by atoms with Gasteiger partial charge in [-0.2, -0.15) is 0 Å². The summed E-state index contributed by atoms with van der Waals surface area (Å²) in [4.78, 5) is 18.0. The molecule has 0 radical (unpaired) electrons. The molecule has 3 aromatic rings. The number of benzene rings is 2. The average molecular weight is 497 g/mol. The zero-order valence-electron chi connectivity index (χ0n) is 19.9. The van der Waals surface area contributed by atoms with Crippen molar-refractivity contribution in [2.75, 3.05) is 26.7 Å². The maximum absolute atomic E-state index is 14.6. The molecule has 2 heterocycles. The van der Waals surface area contributed by atoms with Gasteiger partial charge in [0.2, 0.25) is 0 Å². The molecule has 4 rings (SSSR count). The Bertz CT molecular complexity index is 1320. The number of rotatable bonds is 7. The summed E-state index contributed by atoms with van der Waals surface area (Å²) in [5.74, 6) is 3.05. The number of hydrogen-bond acceptors (Lipinski definition) is 4. The third kappa shape index (κ3) is 5.97. The van der Waals surface area contributed by atoms with E-state index in [4.69, 9.17) is 4.74 Å². The summed E-state index contributed by atoms with van der Waals surface area (Å²) >= 11 is 0. The number of pyridine rings is 1. The Morgan fingerprint density at radius 3 is 2.81 bits per heavy atom. The van der Waals surface area contributed by atoms with Crippen LogP contribution in [0.4, 0.5) is 13.2 Å². The number of aromatic nitrogens is 1. The van der Waals surface area contributed by atoms with Crippen molar-refractivity contribution in [1.29, 1.82) is 0 Å². The van der Waals surface area contributed by atoms with E-state index in [1.807, 2.05) is 4.90 Å². The van der Waals surface area contributed by atoms with Crippen LogP contribution in [0.25, 0.3) is 10.9 Å². The Labute approximate surface area is 207 Å². The van der Waals surface area contributed by atoms with E-state index in [2.05, 4.69) is 16.8 Å². The predicted molar refractivity (Wildman–Crippen MR) is 130 cm³/mol. The number of piperidine rings is 1. The maximum atomic E-state index is 14.6. The van der Waals surface area contributed by atoms with Gasteiger partial charge >= 0.3 is 5.97 Å². The largest absolute Gasteiger partial charge is 0.497 e. The Morgan fingerprint density at radius 2 is 2.03 bits per heavy atom. The molecule has 36 heavy (non-hydrogen) atoms. The molecule has 188 valence electrons. The normalized spacial score (nSPS) is 18.0. The molecule has 1 aliphatic heterocycles. The minimum absolute atomic E-state index is 0.0202. The first kappa shape index (κ1) is 25.5. The van der Waals surface area contributed by atoms with Crippen LogP contribution < -0.4 is 4.74 Å². The molecule has 1 N–H and O–H groups in total. The minimum Gasteiger partial charge on any atom is -0.497 e. The molecule has 0 aliphatic carbocycles. The lowest BCUT2D eigenvalue weighted by molar-refractivity contribution is -0.146. The summed E-state index contributed by atoms with van der Waals surface area (Å²) in [5.41, 5.74) is 1.22. The first-order valence-electron chi connectivity index (χ1n) is 11.9. The Hall–Kier alpha value is -3.57. The van der Waals surface area contributed by atoms with E-state index in [9.17, 15) is 23.1 Å². The van der Waals surface area contributed by atoms with E-state index in [0.717, 1.165) is 18.2 Å². The van der Waals surface area contributed by atoms with Crippen LogP contribution >= 0.6 is 0 Å². The van der Waals surface area contributed by atoms with Crippen molar-refractivity contribution >= 4 is 16.9 Å². The van der Waals surface area contributed by atoms with Gasteiger partial charge < -0.3 is 9.84 Å². The van der Waals surface area contributed by atoms with Gasteiger partial charge in [0.25, 0.3) is 0 Å². The molecule has 8 heteroatoms. The van der Waals surface area contributed by atoms with Crippen LogP contribution in [0, 0.1) is 41.1 Å². The number of methoxy groups -OCH3 is 1. The highest BCUT2D eigenvalue weighted by Crippen LogP contribution is 2.30. The molecule has 0 unspecified atom stereocenters. The van der Waals surface area contributed by atoms with Gasteiger partial charge in [0, 0.05) is 11.9 Å². The summed E-state index contributed by atoms with van der Waals surface area (Å²) in [6.07, 6.45) is 3.65. The van der Waals surface area contributed by atoms with Crippen molar-refractivity contribution in [2.45, 2.75) is 25.7 Å². The van der Waals surface area contributed by atoms with Crippen LogP contribution in [0.15, 0.2) is 42.6 Å². The van der Waals surface area contributed by atoms with Gasteiger partial charge in [0.15, 0.2) is 0 Å². The lowest BCUT2D eigenvalue weighted by Gasteiger charge is -2.35. The number of aliphatic carboxylic acids is 1. The van der Waals surface area contributed by atoms with Crippen LogP contribution in [0.1, 0.15) is 30.4 Å². The molecule has 1 aromatic heterocycles. The van der Waals surface area contributed by atoms with Gasteiger partial charge in [0.05, 0.1) is 36.8 Å². The van der Waals surface area contributed by atoms with Crippen LogP contribution in [-0.4, -0.2) is 47.7 Å². The Balaban J connectivity index is 1.37. The predicted octanol–water partition coefficient (Wildman–Crippen LogP) is 5.06. The van der Waals surface area contributed by atoms with Crippen molar-refractivity contribution in [3.63, 3.8) is 0 Å². The smallest absolute Gasteiger partial charge is 0.308 e. The summed E-state index contributed by atoms with van der Waals surface area (Å²) in [7, 11) is 1.55. The van der Waals surface area contributed by atoms with Crippen LogP contribution in [0.2, 0.25) is 0 Å². The van der Waals surface area contributed by atoms with Crippen molar-refractivity contribution in [2.24, 2.45) is 11.8 Å². The van der Waals surface area contributed by atoms with Gasteiger partial charge in [-0.1, -0.05) is 11.8 Å². The molecule has 5 nitrogen and oxygen atoms in total. The zero-order valence-corrected chi connectivity index (χ0v) is 19.9. The van der Waals surface area contributed by atoms with E-state index in [1.165, 1.54) is 6.20 Å². The van der Waals surface area contributed by atoms with Crippen LogP contribution in [0.5, 0.6) is 5.75 Å². The van der Waals surface area contributed by atoms with Gasteiger partial charge in [0.1, 0.15) is 23.2 Å². The molecule has 2 aromatic carbocycles. The number of halogens is 3. The molecule has 0 bridgehead atoms. The van der Waals surface area contributed by atoms with E-state index < -0.39 is 23.5 Å². The van der Waals surface area contributed by atoms with Gasteiger partial charge in [-0.25, -0.2) is 13.2 Å². The molecule has 0 saturated carbocycles. The van der Waals surface area contributed by atoms with Gasteiger partial charge in [-0.15, -0.1) is 0 Å². The monoisotopic (exact) mass is 496 g/mol. The first-order valence-corrected chi connectivity index (χ1v) is 11.9. The number of likely N-dealkylation sites (tertiary alicyclic amines) is 1. The first-order chi connectivity index (χ1) is 17.4. The number of ether oxygens (including phenoxy) is 1. The molecule has 1 saturated heterocycles. The topological polar surface area (TPSA) is 62.7 Å². The van der Waals surface area contributed by atoms with Crippen LogP contribution in [0.3, 0.4) is 0 Å². The second-order valence-electron chi connectivity index (χ2n) is 9.01. The second kappa shape index (κ2) is 11.4. The third-order valence-corrected chi connectivity index (χ3v) is 6.75. The van der Waals surface area contributed by atoms with Crippen molar-refractivity contribution in [1.82, 2.24) is 9.88 Å². The number of nitrogens with zero attached hydrogens (tertiary/aromatic N) is 2. The molecule has 0 amide bonds. The van der Waals surface area contributed by atoms with E-state index in [1.54, 1.807) is 25.3 Å². The average Bonchev–Trinajstić information content (AvgIpc) is 2.87. The highest BCUT2D eigenvalue weighted by atomic mass is 19.1. The maximum Gasteiger partial charge on any atom is 0.308 e. The SMILES string of the molecule is COc1ccc2ncc(F)c(CCC[C@H]3CCN(CC#Cc4cc(F)ccc4F)C[C@H]3C(=O)O)c2c1. The standard InChI is InChI=1S/C28H27F3N2O3/c1-36-21-8-10-27-23(15-21)22(26(31)16-32-27)6-2-4-18-11-13-33(17-24(18)28(34)35)12-3-5-19-14-20(29)7-9-25(19)30/h7-10,14-16,18,24H,2,4,6,11-13,17H2,1H3,(H,34,35)/t18-,24+/m0/s1. The Morgan fingerprint density at radius 1 is 1.19 bits per heavy atom. The summed E-state index contributed by atoms with van der Waals surface area (Å²) in [5, 5.41) is 10.5. The molecule has 0 spiro atoms. The molecule has 1 aliphatic rings. The number of fused-ring (bicyclic) bond motifs is 1. The zero-order chi connectivity index (χ0) is 25.7. The molecule has 1 fully saturated rings. The Kier molecular flexibility index (Phi) is 8.11. The van der Waals surface area contributed by atoms with Gasteiger partial charge in [-0.05, 0) is 80.1 Å². The van der Waals surface area contributed by atoms with Crippen molar-refractivity contribution < 1.29 is 27.8 Å². The fraction of sp³-hybridized carbons (Fsp3) is 0.357. The second-order valence-corrected chi connectivity index (χ2v) is 9.01. The van der Waals surface area contributed by atoms with Gasteiger partial charge in [-0.3, -0.25) is 14.7 Å². The van der Waals surface area contributed by atoms with Crippen molar-refractivity contribution in [3.8, 4) is 17.6 Å². The molecular formula is C28H27F3N2O3. The fourth-order valence-electron chi connectivity index (χ4n) is 4.80. The summed E-state index contributed by atoms with van der Waals surface area (Å²) < 4.78 is 46.9.